The summed E-state index contributed by atoms with van der Waals surface area (Å²) in [5.74, 6) is 1.28. The third-order valence-corrected chi connectivity index (χ3v) is 4.04. The smallest absolute Gasteiger partial charge is 0.247 e. The zero-order valence-electron chi connectivity index (χ0n) is 13.7. The van der Waals surface area contributed by atoms with Gasteiger partial charge in [0.1, 0.15) is 6.04 Å². The number of rotatable bonds is 4. The fraction of sp³-hybridized carbons (Fsp3) is 0.562. The van der Waals surface area contributed by atoms with Crippen LogP contribution < -0.4 is 0 Å². The van der Waals surface area contributed by atoms with Crippen molar-refractivity contribution in [2.45, 2.75) is 38.8 Å². The van der Waals surface area contributed by atoms with Gasteiger partial charge in [0.25, 0.3) is 0 Å². The zero-order chi connectivity index (χ0) is 16.4. The third-order valence-electron chi connectivity index (χ3n) is 4.04. The summed E-state index contributed by atoms with van der Waals surface area (Å²) in [5, 5.41) is 8.10. The van der Waals surface area contributed by atoms with Crippen LogP contribution >= 0.6 is 0 Å². The maximum atomic E-state index is 12.7. The van der Waals surface area contributed by atoms with E-state index in [1.165, 1.54) is 0 Å². The lowest BCUT2D eigenvalue weighted by Gasteiger charge is -2.33. The van der Waals surface area contributed by atoms with E-state index in [1.54, 1.807) is 4.90 Å². The Hall–Kier alpha value is -2.15. The number of aromatic nitrogens is 3. The summed E-state index contributed by atoms with van der Waals surface area (Å²) in [4.78, 5) is 14.5. The molecule has 2 atom stereocenters. The predicted molar refractivity (Wildman–Crippen MR) is 82.8 cm³/mol. The summed E-state index contributed by atoms with van der Waals surface area (Å²) in [7, 11) is 0. The quantitative estimate of drug-likeness (QED) is 0.863. The van der Waals surface area contributed by atoms with E-state index in [4.69, 9.17) is 9.15 Å². The summed E-state index contributed by atoms with van der Waals surface area (Å²) in [5.41, 5.74) is 0. The van der Waals surface area contributed by atoms with Gasteiger partial charge in [-0.15, -0.1) is 10.2 Å². The van der Waals surface area contributed by atoms with Gasteiger partial charge in [0, 0.05) is 24.9 Å². The highest BCUT2D eigenvalue weighted by molar-refractivity contribution is 5.80. The van der Waals surface area contributed by atoms with Crippen LogP contribution in [0.5, 0.6) is 0 Å². The van der Waals surface area contributed by atoms with Crippen LogP contribution in [0.2, 0.25) is 0 Å². The van der Waals surface area contributed by atoms with Gasteiger partial charge in [0.2, 0.25) is 17.7 Å². The molecule has 124 valence electrons. The fourth-order valence-electron chi connectivity index (χ4n) is 2.61. The Balaban J connectivity index is 1.69. The van der Waals surface area contributed by atoms with E-state index in [9.17, 15) is 4.79 Å². The molecule has 1 aliphatic heterocycles. The molecule has 1 amide bonds. The molecule has 1 fully saturated rings. The lowest BCUT2D eigenvalue weighted by atomic mass is 10.2. The van der Waals surface area contributed by atoms with Crippen LogP contribution in [0.15, 0.2) is 28.9 Å². The maximum absolute atomic E-state index is 12.7. The highest BCUT2D eigenvalue weighted by Gasteiger charge is 2.31. The van der Waals surface area contributed by atoms with Crippen molar-refractivity contribution in [3.63, 3.8) is 0 Å². The van der Waals surface area contributed by atoms with Gasteiger partial charge in [-0.3, -0.25) is 4.79 Å². The second-order valence-electron chi connectivity index (χ2n) is 6.08. The molecule has 0 spiro atoms. The molecule has 0 radical (unpaired) electrons. The topological polar surface area (TPSA) is 73.4 Å². The minimum absolute atomic E-state index is 0.0677. The van der Waals surface area contributed by atoms with Crippen LogP contribution in [-0.4, -0.2) is 45.3 Å². The molecule has 0 N–H and O–H groups in total. The van der Waals surface area contributed by atoms with E-state index >= 15 is 0 Å². The van der Waals surface area contributed by atoms with Crippen molar-refractivity contribution in [1.82, 2.24) is 19.7 Å². The molecule has 0 saturated carbocycles. The molecule has 0 aromatic carbocycles. The first kappa shape index (κ1) is 15.7. The van der Waals surface area contributed by atoms with Crippen LogP contribution in [0.1, 0.15) is 50.6 Å². The largest absolute Gasteiger partial charge is 0.422 e. The molecule has 1 aliphatic rings. The first-order chi connectivity index (χ1) is 11.1. The average molecular weight is 318 g/mol. The van der Waals surface area contributed by atoms with E-state index in [0.717, 1.165) is 0 Å². The monoisotopic (exact) mass is 318 g/mol. The van der Waals surface area contributed by atoms with Gasteiger partial charge >= 0.3 is 0 Å². The summed E-state index contributed by atoms with van der Waals surface area (Å²) in [6.07, 6.45) is 3.44. The molecule has 3 rings (SSSR count). The molecule has 3 heterocycles. The Morgan fingerprint density at radius 2 is 2.00 bits per heavy atom. The number of morpholine rings is 1. The zero-order valence-corrected chi connectivity index (χ0v) is 13.7. The Kier molecular flexibility index (Phi) is 4.47. The van der Waals surface area contributed by atoms with E-state index in [1.807, 2.05) is 49.9 Å². The van der Waals surface area contributed by atoms with Crippen LogP contribution in [0.25, 0.3) is 0 Å². The van der Waals surface area contributed by atoms with Crippen molar-refractivity contribution in [1.29, 1.82) is 0 Å². The molecule has 23 heavy (non-hydrogen) atoms. The normalized spacial score (nSPS) is 20.0. The molecule has 0 bridgehead atoms. The number of nitrogens with zero attached hydrogens (tertiary/aromatic N) is 4. The summed E-state index contributed by atoms with van der Waals surface area (Å²) < 4.78 is 13.3. The van der Waals surface area contributed by atoms with Crippen LogP contribution in [0.3, 0.4) is 0 Å². The molecule has 0 aliphatic carbocycles. The lowest BCUT2D eigenvalue weighted by Crippen LogP contribution is -2.44. The van der Waals surface area contributed by atoms with Gasteiger partial charge in [0.05, 0.1) is 13.2 Å². The molecule has 0 unspecified atom stereocenters. The van der Waals surface area contributed by atoms with Crippen molar-refractivity contribution >= 4 is 5.91 Å². The van der Waals surface area contributed by atoms with E-state index in [0.29, 0.717) is 31.5 Å². The molecular weight excluding hydrogens is 296 g/mol. The highest BCUT2D eigenvalue weighted by Crippen LogP contribution is 2.24. The first-order valence-electron chi connectivity index (χ1n) is 7.92. The minimum atomic E-state index is -0.357. The second kappa shape index (κ2) is 6.54. The first-order valence-corrected chi connectivity index (χ1v) is 7.92. The van der Waals surface area contributed by atoms with Gasteiger partial charge in [-0.1, -0.05) is 13.8 Å². The molecule has 2 aromatic heterocycles. The average Bonchev–Trinajstić information content (AvgIpc) is 3.25. The van der Waals surface area contributed by atoms with Crippen LogP contribution in [0, 0.1) is 0 Å². The van der Waals surface area contributed by atoms with E-state index in [2.05, 4.69) is 10.2 Å². The molecule has 1 saturated heterocycles. The Labute approximate surface area is 135 Å². The van der Waals surface area contributed by atoms with Crippen molar-refractivity contribution in [3.05, 3.63) is 36.3 Å². The molecule has 7 heteroatoms. The number of hydrogen-bond donors (Lipinski definition) is 0. The van der Waals surface area contributed by atoms with Gasteiger partial charge in [-0.05, 0) is 19.1 Å². The standard InChI is InChI=1S/C16H22N4O3/c1-11(2)14-17-18-15(23-14)13-10-20(8-9-22-13)16(21)12(3)19-6-4-5-7-19/h4-7,11-13H,8-10H2,1-3H3/t12-,13+/m1/s1. The third kappa shape index (κ3) is 3.29. The number of hydrogen-bond acceptors (Lipinski definition) is 5. The van der Waals surface area contributed by atoms with Gasteiger partial charge in [-0.25, -0.2) is 0 Å². The maximum Gasteiger partial charge on any atom is 0.247 e. The minimum Gasteiger partial charge on any atom is -0.422 e. The summed E-state index contributed by atoms with van der Waals surface area (Å²) in [6.45, 7) is 7.36. The lowest BCUT2D eigenvalue weighted by molar-refractivity contribution is -0.143. The van der Waals surface area contributed by atoms with E-state index < -0.39 is 0 Å². The van der Waals surface area contributed by atoms with Crippen molar-refractivity contribution in [3.8, 4) is 0 Å². The molecule has 7 nitrogen and oxygen atoms in total. The van der Waals surface area contributed by atoms with Crippen molar-refractivity contribution in [2.75, 3.05) is 19.7 Å². The number of ether oxygens (including phenoxy) is 1. The Bertz CT molecular complexity index is 650. The van der Waals surface area contributed by atoms with Crippen LogP contribution in [0.4, 0.5) is 0 Å². The molecule has 2 aromatic rings. The summed E-state index contributed by atoms with van der Waals surface area (Å²) >= 11 is 0. The fourth-order valence-corrected chi connectivity index (χ4v) is 2.61. The predicted octanol–water partition coefficient (Wildman–Crippen LogP) is 2.16. The van der Waals surface area contributed by atoms with Gasteiger partial charge in [0.15, 0.2) is 6.10 Å². The van der Waals surface area contributed by atoms with Gasteiger partial charge in [-0.2, -0.15) is 0 Å². The Morgan fingerprint density at radius 3 is 2.65 bits per heavy atom. The Morgan fingerprint density at radius 1 is 1.26 bits per heavy atom. The van der Waals surface area contributed by atoms with E-state index in [-0.39, 0.29) is 24.0 Å². The van der Waals surface area contributed by atoms with Gasteiger partial charge < -0.3 is 18.6 Å². The SMILES string of the molecule is CC(C)c1nnc([C@@H]2CN(C(=O)[C@@H](C)n3cccc3)CCO2)o1. The van der Waals surface area contributed by atoms with Crippen LogP contribution in [-0.2, 0) is 9.53 Å². The molecular formula is C16H22N4O3. The number of amides is 1. The number of carbonyl (C=O) groups excluding carboxylic acids is 1. The van der Waals surface area contributed by atoms with Crippen molar-refractivity contribution < 1.29 is 13.9 Å². The highest BCUT2D eigenvalue weighted by atomic mass is 16.5. The van der Waals surface area contributed by atoms with Crippen molar-refractivity contribution in [2.24, 2.45) is 0 Å². The summed E-state index contributed by atoms with van der Waals surface area (Å²) in [6, 6.07) is 3.59. The second-order valence-corrected chi connectivity index (χ2v) is 6.08. The number of carbonyl (C=O) groups is 1.